The zero-order valence-corrected chi connectivity index (χ0v) is 14.2. The van der Waals surface area contributed by atoms with Crippen molar-refractivity contribution in [3.63, 3.8) is 0 Å². The molecule has 0 radical (unpaired) electrons. The summed E-state index contributed by atoms with van der Waals surface area (Å²) in [4.78, 5) is 11.2. The van der Waals surface area contributed by atoms with Crippen molar-refractivity contribution in [1.29, 1.82) is 0 Å². The molecule has 0 saturated carbocycles. The lowest BCUT2D eigenvalue weighted by Gasteiger charge is -2.37. The van der Waals surface area contributed by atoms with Gasteiger partial charge in [-0.05, 0) is 12.3 Å². The van der Waals surface area contributed by atoms with Gasteiger partial charge in [0.2, 0.25) is 0 Å². The molecule has 3 heterocycles. The second-order valence-corrected chi connectivity index (χ2v) is 6.30. The van der Waals surface area contributed by atoms with Gasteiger partial charge in [-0.3, -0.25) is 4.90 Å². The smallest absolute Gasteiger partial charge is 0.254 e. The van der Waals surface area contributed by atoms with Gasteiger partial charge in [0.15, 0.2) is 0 Å². The standard InChI is InChI=1S/C16H26N6O/c1-4-13-9-15(22-16(20-13)18-11-19-22)17-10-14(12(2)3)21-5-7-23-8-6-21/h9,11-12,14,17H,4-8,10H2,1-3H3. The number of fused-ring (bicyclic) bond motifs is 1. The van der Waals surface area contributed by atoms with Gasteiger partial charge >= 0.3 is 0 Å². The van der Waals surface area contributed by atoms with E-state index in [1.807, 2.05) is 0 Å². The highest BCUT2D eigenvalue weighted by Gasteiger charge is 2.24. The van der Waals surface area contributed by atoms with Crippen LogP contribution in [-0.2, 0) is 11.2 Å². The Kier molecular flexibility index (Phi) is 5.07. The Balaban J connectivity index is 1.76. The molecule has 23 heavy (non-hydrogen) atoms. The summed E-state index contributed by atoms with van der Waals surface area (Å²) in [7, 11) is 0. The van der Waals surface area contributed by atoms with E-state index < -0.39 is 0 Å². The molecule has 2 aromatic heterocycles. The van der Waals surface area contributed by atoms with Crippen molar-refractivity contribution in [1.82, 2.24) is 24.5 Å². The zero-order valence-electron chi connectivity index (χ0n) is 14.2. The molecule has 1 atom stereocenters. The quantitative estimate of drug-likeness (QED) is 0.869. The van der Waals surface area contributed by atoms with Crippen molar-refractivity contribution in [3.8, 4) is 0 Å². The molecule has 1 unspecified atom stereocenters. The highest BCUT2D eigenvalue weighted by atomic mass is 16.5. The van der Waals surface area contributed by atoms with Crippen LogP contribution >= 0.6 is 0 Å². The van der Waals surface area contributed by atoms with Crippen LogP contribution in [0.1, 0.15) is 26.5 Å². The minimum Gasteiger partial charge on any atom is -0.379 e. The number of hydrogen-bond donors (Lipinski definition) is 1. The molecule has 1 N–H and O–H groups in total. The Morgan fingerprint density at radius 2 is 2.09 bits per heavy atom. The summed E-state index contributed by atoms with van der Waals surface area (Å²) in [6, 6.07) is 2.54. The van der Waals surface area contributed by atoms with Gasteiger partial charge in [0.1, 0.15) is 12.1 Å². The first-order chi connectivity index (χ1) is 11.2. The summed E-state index contributed by atoms with van der Waals surface area (Å²) in [6.07, 6.45) is 2.43. The van der Waals surface area contributed by atoms with E-state index in [0.29, 0.717) is 17.7 Å². The Morgan fingerprint density at radius 1 is 1.30 bits per heavy atom. The largest absolute Gasteiger partial charge is 0.379 e. The van der Waals surface area contributed by atoms with Gasteiger partial charge in [0, 0.05) is 37.4 Å². The number of aromatic nitrogens is 4. The molecular formula is C16H26N6O. The molecule has 126 valence electrons. The number of morpholine rings is 1. The monoisotopic (exact) mass is 318 g/mol. The maximum absolute atomic E-state index is 5.48. The summed E-state index contributed by atoms with van der Waals surface area (Å²) < 4.78 is 7.25. The van der Waals surface area contributed by atoms with Gasteiger partial charge in [0.25, 0.3) is 5.78 Å². The van der Waals surface area contributed by atoms with Crippen molar-refractivity contribution in [2.24, 2.45) is 5.92 Å². The summed E-state index contributed by atoms with van der Waals surface area (Å²) in [5.74, 6) is 2.18. The molecule has 1 saturated heterocycles. The minimum absolute atomic E-state index is 0.468. The van der Waals surface area contributed by atoms with Crippen LogP contribution in [0.2, 0.25) is 0 Å². The van der Waals surface area contributed by atoms with Crippen molar-refractivity contribution < 1.29 is 4.74 Å². The molecule has 3 rings (SSSR count). The highest BCUT2D eigenvalue weighted by Crippen LogP contribution is 2.16. The first-order valence-electron chi connectivity index (χ1n) is 8.44. The molecule has 1 aliphatic heterocycles. The highest BCUT2D eigenvalue weighted by molar-refractivity contribution is 5.45. The second kappa shape index (κ2) is 7.23. The van der Waals surface area contributed by atoms with Crippen LogP contribution < -0.4 is 5.32 Å². The predicted octanol–water partition coefficient (Wildman–Crippen LogP) is 1.46. The number of hydrogen-bond acceptors (Lipinski definition) is 6. The molecule has 7 nitrogen and oxygen atoms in total. The van der Waals surface area contributed by atoms with Crippen LogP contribution in [0.4, 0.5) is 5.82 Å². The summed E-state index contributed by atoms with van der Waals surface area (Å²) in [6.45, 7) is 11.2. The normalized spacial score (nSPS) is 17.7. The van der Waals surface area contributed by atoms with Crippen LogP contribution in [0.25, 0.3) is 5.78 Å². The van der Waals surface area contributed by atoms with Gasteiger partial charge in [-0.25, -0.2) is 4.98 Å². The SMILES string of the molecule is CCc1cc(NCC(C(C)C)N2CCOCC2)n2ncnc2n1. The van der Waals surface area contributed by atoms with E-state index in [2.05, 4.69) is 52.1 Å². The lowest BCUT2D eigenvalue weighted by Crippen LogP contribution is -2.49. The van der Waals surface area contributed by atoms with Gasteiger partial charge < -0.3 is 10.1 Å². The summed E-state index contributed by atoms with van der Waals surface area (Å²) >= 11 is 0. The summed E-state index contributed by atoms with van der Waals surface area (Å²) in [5.41, 5.74) is 1.03. The fourth-order valence-electron chi connectivity index (χ4n) is 3.07. The van der Waals surface area contributed by atoms with Gasteiger partial charge in [-0.15, -0.1) is 0 Å². The molecule has 7 heteroatoms. The molecular weight excluding hydrogens is 292 g/mol. The lowest BCUT2D eigenvalue weighted by atomic mass is 10.0. The molecule has 0 spiro atoms. The Morgan fingerprint density at radius 3 is 2.78 bits per heavy atom. The number of rotatable bonds is 6. The molecule has 2 aromatic rings. The molecule has 0 aliphatic carbocycles. The predicted molar refractivity (Wildman–Crippen MR) is 89.7 cm³/mol. The maximum Gasteiger partial charge on any atom is 0.254 e. The zero-order chi connectivity index (χ0) is 16.2. The van der Waals surface area contributed by atoms with Crippen LogP contribution in [0, 0.1) is 5.92 Å². The molecule has 0 bridgehead atoms. The topological polar surface area (TPSA) is 67.6 Å². The second-order valence-electron chi connectivity index (χ2n) is 6.30. The van der Waals surface area contributed by atoms with E-state index in [-0.39, 0.29) is 0 Å². The van der Waals surface area contributed by atoms with E-state index in [1.54, 1.807) is 10.8 Å². The Bertz CT molecular complexity index is 635. The molecule has 0 amide bonds. The minimum atomic E-state index is 0.468. The van der Waals surface area contributed by atoms with Crippen molar-refractivity contribution in [2.45, 2.75) is 33.2 Å². The van der Waals surface area contributed by atoms with E-state index in [0.717, 1.165) is 50.8 Å². The van der Waals surface area contributed by atoms with Crippen molar-refractivity contribution in [2.75, 3.05) is 38.2 Å². The molecule has 1 aliphatic rings. The Hall–Kier alpha value is -1.73. The number of ether oxygens (including phenoxy) is 1. The number of nitrogens with zero attached hydrogens (tertiary/aromatic N) is 5. The summed E-state index contributed by atoms with van der Waals surface area (Å²) in [5, 5.41) is 7.84. The molecule has 0 aromatic carbocycles. The fraction of sp³-hybridized carbons (Fsp3) is 0.688. The van der Waals surface area contributed by atoms with Gasteiger partial charge in [-0.2, -0.15) is 14.6 Å². The van der Waals surface area contributed by atoms with E-state index in [4.69, 9.17) is 4.74 Å². The van der Waals surface area contributed by atoms with Gasteiger partial charge in [-0.1, -0.05) is 20.8 Å². The third-order valence-corrected chi connectivity index (χ3v) is 4.44. The average Bonchev–Trinajstić information content (AvgIpc) is 3.04. The third-order valence-electron chi connectivity index (χ3n) is 4.44. The first-order valence-corrected chi connectivity index (χ1v) is 8.44. The van der Waals surface area contributed by atoms with E-state index >= 15 is 0 Å². The maximum atomic E-state index is 5.48. The van der Waals surface area contributed by atoms with Crippen LogP contribution in [0.3, 0.4) is 0 Å². The van der Waals surface area contributed by atoms with Crippen LogP contribution in [0.5, 0.6) is 0 Å². The Labute approximate surface area is 137 Å². The average molecular weight is 318 g/mol. The van der Waals surface area contributed by atoms with Crippen LogP contribution in [0.15, 0.2) is 12.4 Å². The first kappa shape index (κ1) is 16.1. The van der Waals surface area contributed by atoms with Gasteiger partial charge in [0.05, 0.1) is 13.2 Å². The fourth-order valence-corrected chi connectivity index (χ4v) is 3.07. The van der Waals surface area contributed by atoms with E-state index in [1.165, 1.54) is 0 Å². The van der Waals surface area contributed by atoms with E-state index in [9.17, 15) is 0 Å². The molecule has 1 fully saturated rings. The van der Waals surface area contributed by atoms with Crippen molar-refractivity contribution in [3.05, 3.63) is 18.1 Å². The lowest BCUT2D eigenvalue weighted by molar-refractivity contribution is 0.00952. The third kappa shape index (κ3) is 3.61. The number of nitrogens with one attached hydrogen (secondary N) is 1. The number of aryl methyl sites for hydroxylation is 1. The van der Waals surface area contributed by atoms with Crippen LogP contribution in [-0.4, -0.2) is 63.4 Å². The number of anilines is 1. The van der Waals surface area contributed by atoms with Crippen molar-refractivity contribution >= 4 is 11.6 Å².